The monoisotopic (exact) mass is 447 g/mol. The summed E-state index contributed by atoms with van der Waals surface area (Å²) in [5.74, 6) is 0.375. The standard InChI is InChI=1S/C25H27N3O2.CH2O2/c1-27(2)14-18-6-11-23(21(13-18)17-29)19-7-9-20(10-8-19)25(30)28-15-22(16-28)24-5-3-4-12-26-24;2-1-3/h3-13,22,29H,14-17H2,1-2H3;1H,(H,2,3). The number of carbonyl (C=O) groups is 2. The van der Waals surface area contributed by atoms with Crippen molar-refractivity contribution in [1.82, 2.24) is 14.8 Å². The summed E-state index contributed by atoms with van der Waals surface area (Å²) < 4.78 is 0. The van der Waals surface area contributed by atoms with Crippen LogP contribution in [0.25, 0.3) is 11.1 Å². The van der Waals surface area contributed by atoms with Crippen LogP contribution in [-0.4, -0.2) is 64.6 Å². The van der Waals surface area contributed by atoms with Crippen molar-refractivity contribution in [3.8, 4) is 11.1 Å². The van der Waals surface area contributed by atoms with Gasteiger partial charge in [-0.15, -0.1) is 0 Å². The van der Waals surface area contributed by atoms with Crippen LogP contribution < -0.4 is 0 Å². The molecule has 0 unspecified atom stereocenters. The predicted molar refractivity (Wildman–Crippen MR) is 127 cm³/mol. The lowest BCUT2D eigenvalue weighted by atomic mass is 9.94. The highest BCUT2D eigenvalue weighted by molar-refractivity contribution is 5.95. The molecular weight excluding hydrogens is 418 g/mol. The van der Waals surface area contributed by atoms with Crippen LogP contribution in [-0.2, 0) is 17.9 Å². The molecule has 0 aliphatic carbocycles. The highest BCUT2D eigenvalue weighted by atomic mass is 16.3. The zero-order chi connectivity index (χ0) is 23.8. The van der Waals surface area contributed by atoms with E-state index in [1.54, 1.807) is 6.20 Å². The largest absolute Gasteiger partial charge is 0.483 e. The molecule has 7 heteroatoms. The number of benzene rings is 2. The smallest absolute Gasteiger partial charge is 0.290 e. The number of rotatable bonds is 6. The summed E-state index contributed by atoms with van der Waals surface area (Å²) >= 11 is 0. The summed E-state index contributed by atoms with van der Waals surface area (Å²) in [7, 11) is 4.05. The summed E-state index contributed by atoms with van der Waals surface area (Å²) in [5.41, 5.74) is 5.80. The van der Waals surface area contributed by atoms with E-state index in [2.05, 4.69) is 16.0 Å². The van der Waals surface area contributed by atoms with Crippen molar-refractivity contribution in [2.24, 2.45) is 0 Å². The molecule has 1 saturated heterocycles. The Kier molecular flexibility index (Phi) is 8.29. The fraction of sp³-hybridized carbons (Fsp3) is 0.269. The molecule has 0 saturated carbocycles. The van der Waals surface area contributed by atoms with Gasteiger partial charge in [-0.1, -0.05) is 36.4 Å². The van der Waals surface area contributed by atoms with Gasteiger partial charge in [0.1, 0.15) is 0 Å². The third-order valence-corrected chi connectivity index (χ3v) is 5.56. The van der Waals surface area contributed by atoms with Crippen molar-refractivity contribution < 1.29 is 19.8 Å². The van der Waals surface area contributed by atoms with Crippen LogP contribution in [0.15, 0.2) is 66.9 Å². The van der Waals surface area contributed by atoms with E-state index in [4.69, 9.17) is 9.90 Å². The number of likely N-dealkylation sites (tertiary alicyclic amines) is 1. The minimum absolute atomic E-state index is 0.0139. The first-order valence-electron chi connectivity index (χ1n) is 10.7. The molecule has 172 valence electrons. The Labute approximate surface area is 193 Å². The number of hydrogen-bond donors (Lipinski definition) is 2. The summed E-state index contributed by atoms with van der Waals surface area (Å²) in [5, 5.41) is 16.7. The number of amides is 1. The quantitative estimate of drug-likeness (QED) is 0.564. The molecule has 33 heavy (non-hydrogen) atoms. The average Bonchev–Trinajstić information content (AvgIpc) is 2.79. The van der Waals surface area contributed by atoms with Gasteiger partial charge in [-0.3, -0.25) is 14.6 Å². The molecule has 2 N–H and O–H groups in total. The minimum atomic E-state index is -0.250. The fourth-order valence-corrected chi connectivity index (χ4v) is 3.95. The van der Waals surface area contributed by atoms with E-state index in [1.165, 1.54) is 5.56 Å². The van der Waals surface area contributed by atoms with E-state index in [1.807, 2.05) is 73.6 Å². The Morgan fingerprint density at radius 3 is 2.39 bits per heavy atom. The number of carbonyl (C=O) groups excluding carboxylic acids is 1. The van der Waals surface area contributed by atoms with Crippen LogP contribution in [0.5, 0.6) is 0 Å². The van der Waals surface area contributed by atoms with Crippen LogP contribution in [0.3, 0.4) is 0 Å². The van der Waals surface area contributed by atoms with Gasteiger partial charge < -0.3 is 20.0 Å². The molecular formula is C26H29N3O4. The Morgan fingerprint density at radius 1 is 1.12 bits per heavy atom. The van der Waals surface area contributed by atoms with Gasteiger partial charge in [-0.05, 0) is 60.6 Å². The van der Waals surface area contributed by atoms with Gasteiger partial charge in [0.25, 0.3) is 12.4 Å². The molecule has 0 radical (unpaired) electrons. The Morgan fingerprint density at radius 2 is 1.82 bits per heavy atom. The van der Waals surface area contributed by atoms with Crippen LogP contribution in [0.2, 0.25) is 0 Å². The first kappa shape index (κ1) is 24.1. The second-order valence-corrected chi connectivity index (χ2v) is 8.23. The van der Waals surface area contributed by atoms with Gasteiger partial charge in [-0.25, -0.2) is 0 Å². The molecule has 2 aromatic carbocycles. The highest BCUT2D eigenvalue weighted by Gasteiger charge is 2.32. The fourth-order valence-electron chi connectivity index (χ4n) is 3.95. The van der Waals surface area contributed by atoms with Crippen molar-refractivity contribution >= 4 is 12.4 Å². The van der Waals surface area contributed by atoms with E-state index < -0.39 is 0 Å². The number of pyridine rings is 1. The third-order valence-electron chi connectivity index (χ3n) is 5.56. The molecule has 1 aromatic heterocycles. The third kappa shape index (κ3) is 6.03. The van der Waals surface area contributed by atoms with Crippen molar-refractivity contribution in [2.75, 3.05) is 27.2 Å². The van der Waals surface area contributed by atoms with Crippen LogP contribution in [0.1, 0.15) is 33.1 Å². The molecule has 7 nitrogen and oxygen atoms in total. The molecule has 3 aromatic rings. The van der Waals surface area contributed by atoms with Gasteiger partial charge >= 0.3 is 0 Å². The van der Waals surface area contributed by atoms with Gasteiger partial charge in [0, 0.05) is 43.0 Å². The maximum absolute atomic E-state index is 12.8. The van der Waals surface area contributed by atoms with Crippen molar-refractivity contribution in [2.45, 2.75) is 19.1 Å². The topological polar surface area (TPSA) is 94.0 Å². The lowest BCUT2D eigenvalue weighted by Crippen LogP contribution is -2.48. The van der Waals surface area contributed by atoms with E-state index in [0.29, 0.717) is 24.6 Å². The Bertz CT molecular complexity index is 1060. The molecule has 1 amide bonds. The molecule has 1 fully saturated rings. The zero-order valence-corrected chi connectivity index (χ0v) is 18.9. The molecule has 1 aliphatic rings. The molecule has 1 aliphatic heterocycles. The lowest BCUT2D eigenvalue weighted by molar-refractivity contribution is -0.122. The first-order chi connectivity index (χ1) is 16.0. The van der Waals surface area contributed by atoms with Gasteiger partial charge in [-0.2, -0.15) is 0 Å². The molecule has 0 bridgehead atoms. The number of carboxylic acid groups (broad SMARTS) is 1. The Balaban J connectivity index is 0.000000968. The summed E-state index contributed by atoms with van der Waals surface area (Å²) in [4.78, 5) is 29.5. The maximum atomic E-state index is 12.8. The summed E-state index contributed by atoms with van der Waals surface area (Å²) in [6.07, 6.45) is 1.80. The second-order valence-electron chi connectivity index (χ2n) is 8.23. The van der Waals surface area contributed by atoms with Crippen LogP contribution in [0.4, 0.5) is 0 Å². The van der Waals surface area contributed by atoms with Gasteiger partial charge in [0.15, 0.2) is 0 Å². The SMILES string of the molecule is CN(C)Cc1ccc(-c2ccc(C(=O)N3CC(c4ccccn4)C3)cc2)c(CO)c1.O=CO. The summed E-state index contributed by atoms with van der Waals surface area (Å²) in [6.45, 7) is 1.98. The van der Waals surface area contributed by atoms with E-state index in [9.17, 15) is 9.90 Å². The number of aliphatic hydroxyl groups is 1. The maximum Gasteiger partial charge on any atom is 0.290 e. The minimum Gasteiger partial charge on any atom is -0.483 e. The Hall–Kier alpha value is -3.55. The van der Waals surface area contributed by atoms with E-state index in [0.717, 1.165) is 28.9 Å². The van der Waals surface area contributed by atoms with E-state index in [-0.39, 0.29) is 19.0 Å². The normalized spacial score (nSPS) is 13.2. The van der Waals surface area contributed by atoms with E-state index >= 15 is 0 Å². The molecule has 2 heterocycles. The van der Waals surface area contributed by atoms with Crippen LogP contribution >= 0.6 is 0 Å². The molecule has 0 atom stereocenters. The van der Waals surface area contributed by atoms with Crippen LogP contribution in [0, 0.1) is 0 Å². The first-order valence-corrected chi connectivity index (χ1v) is 10.7. The van der Waals surface area contributed by atoms with Gasteiger partial charge in [0.05, 0.1) is 6.61 Å². The number of aliphatic hydroxyl groups excluding tert-OH is 1. The lowest BCUT2D eigenvalue weighted by Gasteiger charge is -2.39. The number of aromatic nitrogens is 1. The van der Waals surface area contributed by atoms with Gasteiger partial charge in [0.2, 0.25) is 0 Å². The second kappa shape index (κ2) is 11.4. The predicted octanol–water partition coefficient (Wildman–Crippen LogP) is 3.24. The molecule has 4 rings (SSSR count). The number of hydrogen-bond acceptors (Lipinski definition) is 5. The summed E-state index contributed by atoms with van der Waals surface area (Å²) in [6, 6.07) is 19.8. The van der Waals surface area contributed by atoms with Crippen molar-refractivity contribution in [3.63, 3.8) is 0 Å². The average molecular weight is 448 g/mol. The zero-order valence-electron chi connectivity index (χ0n) is 18.9. The molecule has 0 spiro atoms. The number of nitrogens with zero attached hydrogens (tertiary/aromatic N) is 3. The van der Waals surface area contributed by atoms with Crippen molar-refractivity contribution in [1.29, 1.82) is 0 Å². The van der Waals surface area contributed by atoms with Crippen molar-refractivity contribution in [3.05, 3.63) is 89.2 Å². The highest BCUT2D eigenvalue weighted by Crippen LogP contribution is 2.29.